The van der Waals surface area contributed by atoms with Gasteiger partial charge in [-0.1, -0.05) is 12.1 Å². The number of benzene rings is 4. The van der Waals surface area contributed by atoms with Gasteiger partial charge in [-0.3, -0.25) is 5.04 Å². The number of hydrogen-bond donors (Lipinski definition) is 4. The summed E-state index contributed by atoms with van der Waals surface area (Å²) in [6.07, 6.45) is 0. The van der Waals surface area contributed by atoms with E-state index in [2.05, 4.69) is 29.8 Å². The molecule has 4 aromatic rings. The van der Waals surface area contributed by atoms with Crippen LogP contribution in [0.15, 0.2) is 103 Å². The fourth-order valence-corrected chi connectivity index (χ4v) is 4.92. The van der Waals surface area contributed by atoms with Gasteiger partial charge in [-0.05, 0) is 66.2 Å². The van der Waals surface area contributed by atoms with Crippen molar-refractivity contribution >= 4 is 44.9 Å². The summed E-state index contributed by atoms with van der Waals surface area (Å²) in [7, 11) is -5.05. The number of phenols is 2. The van der Waals surface area contributed by atoms with Crippen LogP contribution in [0.2, 0.25) is 0 Å². The van der Waals surface area contributed by atoms with Gasteiger partial charge in [-0.15, -0.1) is 0 Å². The second-order valence-corrected chi connectivity index (χ2v) is 10.5. The Morgan fingerprint density at radius 2 is 1.11 bits per heavy atom. The predicted molar refractivity (Wildman–Crippen MR) is 144 cm³/mol. The van der Waals surface area contributed by atoms with Crippen LogP contribution < -0.4 is 64.4 Å². The van der Waals surface area contributed by atoms with Crippen molar-refractivity contribution in [2.45, 2.75) is 23.0 Å². The van der Waals surface area contributed by atoms with Gasteiger partial charge in [0.15, 0.2) is 0 Å². The first kappa shape index (κ1) is 37.9. The van der Waals surface area contributed by atoms with Crippen molar-refractivity contribution in [1.82, 2.24) is 0 Å². The fraction of sp³-hybridized carbons (Fsp3) is 0.0769. The number of azo groups is 2. The van der Waals surface area contributed by atoms with Crippen molar-refractivity contribution in [2.75, 3.05) is 0 Å². The van der Waals surface area contributed by atoms with Gasteiger partial charge in [0.25, 0.3) is 0 Å². The van der Waals surface area contributed by atoms with E-state index in [0.717, 1.165) is 6.07 Å². The first-order valence-electron chi connectivity index (χ1n) is 11.7. The molecule has 18 heteroatoms. The van der Waals surface area contributed by atoms with Crippen molar-refractivity contribution in [1.29, 1.82) is 0 Å². The molecule has 0 atom stereocenters. The molecule has 0 aliphatic rings. The second-order valence-electron chi connectivity index (χ2n) is 8.38. The number of rotatable bonds is 11. The molecule has 44 heavy (non-hydrogen) atoms. The van der Waals surface area contributed by atoms with Crippen LogP contribution in [-0.4, -0.2) is 33.4 Å². The molecule has 0 spiro atoms. The summed E-state index contributed by atoms with van der Waals surface area (Å²) in [6.45, 7) is -0.852. The van der Waals surface area contributed by atoms with Crippen LogP contribution in [0.25, 0.3) is 11.1 Å². The molecule has 0 unspecified atom stereocenters. The molecule has 0 aliphatic carbocycles. The quantitative estimate of drug-likeness (QED) is 0.0371. The minimum Gasteiger partial charge on any atom is -0.744 e. The SMILES string of the molecule is O=S(=O)([O-])c1cc(N=Nc2ccc(O)c(CO)c2)ccc1-c1ccc(N=Nc2ccc(O)c(CO)c2)cc1SOO[O-].[Na+].[Na+]. The van der Waals surface area contributed by atoms with Gasteiger partial charge in [-0.25, -0.2) is 8.42 Å². The fourth-order valence-electron chi connectivity index (χ4n) is 3.67. The Morgan fingerprint density at radius 1 is 0.682 bits per heavy atom. The van der Waals surface area contributed by atoms with Gasteiger partial charge in [-0.2, -0.15) is 24.8 Å². The first-order valence-corrected chi connectivity index (χ1v) is 13.8. The zero-order chi connectivity index (χ0) is 30.3. The molecule has 0 saturated heterocycles. The van der Waals surface area contributed by atoms with E-state index in [-0.39, 0.29) is 115 Å². The second kappa shape index (κ2) is 17.4. The predicted octanol–water partition coefficient (Wildman–Crippen LogP) is -1.28. The molecule has 218 valence electrons. The Labute approximate surface area is 299 Å². The van der Waals surface area contributed by atoms with Gasteiger partial charge in [0.2, 0.25) is 0 Å². The standard InChI is InChI=1S/C26H22N4O10S2.2Na/c31-13-15-9-17(3-7-23(15)33)27-29-19-1-5-21(25(11-19)41-40-39-35)22-6-2-20(12-26(22)42(36,37)38)30-28-18-4-8-24(34)16(10-18)14-32;;/h1-12,31-35H,13-14H2,(H,36,37,38);;/q;2*+1/p-2. The summed E-state index contributed by atoms with van der Waals surface area (Å²) in [5.41, 5.74) is 1.41. The Balaban J connectivity index is 0.00000337. The van der Waals surface area contributed by atoms with E-state index in [1.807, 2.05) is 0 Å². The average molecular weight is 659 g/mol. The summed E-state index contributed by atoms with van der Waals surface area (Å²) in [5, 5.41) is 68.0. The summed E-state index contributed by atoms with van der Waals surface area (Å²) in [6, 6.07) is 16.4. The van der Waals surface area contributed by atoms with E-state index in [0.29, 0.717) is 17.7 Å². The maximum Gasteiger partial charge on any atom is 1.00 e. The molecular weight excluding hydrogens is 638 g/mol. The molecule has 0 saturated carbocycles. The van der Waals surface area contributed by atoms with Crippen LogP contribution in [0.1, 0.15) is 11.1 Å². The minimum absolute atomic E-state index is 0. The molecule has 0 bridgehead atoms. The molecule has 0 heterocycles. The summed E-state index contributed by atoms with van der Waals surface area (Å²) in [5.74, 6) is -0.244. The third-order valence-corrected chi connectivity index (χ3v) is 7.19. The molecular formula is C26H20N4Na2O10S2. The first-order chi connectivity index (χ1) is 20.1. The molecule has 0 aliphatic heterocycles. The molecule has 0 amide bonds. The average Bonchev–Trinajstić information content (AvgIpc) is 2.98. The van der Waals surface area contributed by atoms with Gasteiger partial charge in [0.05, 0.1) is 52.9 Å². The van der Waals surface area contributed by atoms with E-state index in [4.69, 9.17) is 0 Å². The van der Waals surface area contributed by atoms with Gasteiger partial charge >= 0.3 is 59.1 Å². The Bertz CT molecular complexity index is 1780. The van der Waals surface area contributed by atoms with E-state index in [1.54, 1.807) is 0 Å². The summed E-state index contributed by atoms with van der Waals surface area (Å²) < 4.78 is 41.2. The van der Waals surface area contributed by atoms with Crippen molar-refractivity contribution < 1.29 is 107 Å². The number of hydrogen-bond acceptors (Lipinski definition) is 15. The Kier molecular flexibility index (Phi) is 15.0. The molecule has 0 aromatic heterocycles. The zero-order valence-corrected chi connectivity index (χ0v) is 28.8. The van der Waals surface area contributed by atoms with Crippen molar-refractivity contribution in [3.8, 4) is 22.6 Å². The van der Waals surface area contributed by atoms with Crippen LogP contribution in [0.3, 0.4) is 0 Å². The molecule has 4 N–H and O–H groups in total. The molecule has 14 nitrogen and oxygen atoms in total. The third-order valence-electron chi connectivity index (χ3n) is 5.67. The van der Waals surface area contributed by atoms with Crippen LogP contribution in [0.5, 0.6) is 11.5 Å². The largest absolute Gasteiger partial charge is 1.00 e. The van der Waals surface area contributed by atoms with Crippen molar-refractivity contribution in [3.63, 3.8) is 0 Å². The topological polar surface area (TPSA) is 229 Å². The Morgan fingerprint density at radius 3 is 1.57 bits per heavy atom. The van der Waals surface area contributed by atoms with E-state index in [9.17, 15) is 38.7 Å². The summed E-state index contributed by atoms with van der Waals surface area (Å²) in [4.78, 5) is -0.496. The number of nitrogens with zero attached hydrogens (tertiary/aromatic N) is 4. The number of aliphatic hydroxyl groups excluding tert-OH is 2. The number of aromatic hydroxyl groups is 2. The maximum absolute atomic E-state index is 12.2. The van der Waals surface area contributed by atoms with Crippen LogP contribution in [-0.2, 0) is 32.7 Å². The summed E-state index contributed by atoms with van der Waals surface area (Å²) >= 11 is 0.439. The van der Waals surface area contributed by atoms with Crippen molar-refractivity contribution in [3.05, 3.63) is 83.9 Å². The molecule has 0 fully saturated rings. The van der Waals surface area contributed by atoms with Crippen molar-refractivity contribution in [2.24, 2.45) is 20.5 Å². The Hall–Kier alpha value is -2.26. The third kappa shape index (κ3) is 9.87. The van der Waals surface area contributed by atoms with Gasteiger partial charge in [0, 0.05) is 21.6 Å². The van der Waals surface area contributed by atoms with E-state index in [1.165, 1.54) is 66.7 Å². The maximum atomic E-state index is 12.2. The van der Waals surface area contributed by atoms with Crippen LogP contribution in [0.4, 0.5) is 22.7 Å². The molecule has 4 aromatic carbocycles. The zero-order valence-electron chi connectivity index (χ0n) is 23.2. The molecule has 4 rings (SSSR count). The van der Waals surface area contributed by atoms with Gasteiger partial charge in [0.1, 0.15) is 21.6 Å². The van der Waals surface area contributed by atoms with E-state index < -0.39 is 28.2 Å². The van der Waals surface area contributed by atoms with E-state index >= 15 is 0 Å². The monoisotopic (exact) mass is 658 g/mol. The smallest absolute Gasteiger partial charge is 0.744 e. The van der Waals surface area contributed by atoms with Gasteiger partial charge < -0.3 is 30.2 Å². The minimum atomic E-state index is -5.05. The number of aliphatic hydroxyl groups is 2. The molecule has 0 radical (unpaired) electrons. The normalized spacial score (nSPS) is 11.5. The van der Waals surface area contributed by atoms with Crippen LogP contribution >= 0.6 is 12.0 Å². The van der Waals surface area contributed by atoms with Crippen LogP contribution in [0, 0.1) is 0 Å².